The first-order chi connectivity index (χ1) is 11.8. The van der Waals surface area contributed by atoms with E-state index < -0.39 is 0 Å². The third-order valence-corrected chi connectivity index (χ3v) is 5.15. The van der Waals surface area contributed by atoms with Gasteiger partial charge in [0.2, 0.25) is 0 Å². The molecule has 2 nitrogen and oxygen atoms in total. The average molecular weight is 310 g/mol. The first-order valence-corrected chi connectivity index (χ1v) is 8.32. The van der Waals surface area contributed by atoms with Crippen molar-refractivity contribution in [1.29, 1.82) is 0 Å². The zero-order chi connectivity index (χ0) is 16.1. The van der Waals surface area contributed by atoms with Crippen LogP contribution in [-0.2, 0) is 0 Å². The molecule has 5 rings (SSSR count). The largest absolute Gasteiger partial charge is 0.361 e. The fourth-order valence-corrected chi connectivity index (χ4v) is 4.04. The molecule has 0 spiro atoms. The number of H-pyrrole nitrogens is 1. The van der Waals surface area contributed by atoms with Crippen molar-refractivity contribution < 1.29 is 0 Å². The molecule has 1 aliphatic rings. The second-order valence-corrected chi connectivity index (χ2v) is 6.40. The molecule has 0 saturated carbocycles. The maximum absolute atomic E-state index is 3.44. The van der Waals surface area contributed by atoms with Gasteiger partial charge in [-0.1, -0.05) is 54.6 Å². The summed E-state index contributed by atoms with van der Waals surface area (Å²) in [6, 6.07) is 26.0. The van der Waals surface area contributed by atoms with Crippen LogP contribution in [0.4, 0.5) is 11.4 Å². The van der Waals surface area contributed by atoms with Crippen molar-refractivity contribution in [2.45, 2.75) is 5.92 Å². The molecule has 0 unspecified atom stereocenters. The van der Waals surface area contributed by atoms with Crippen molar-refractivity contribution in [2.24, 2.45) is 0 Å². The Kier molecular flexibility index (Phi) is 2.80. The molecule has 4 aromatic rings. The van der Waals surface area contributed by atoms with Gasteiger partial charge in [-0.25, -0.2) is 0 Å². The molecule has 0 radical (unpaired) electrons. The zero-order valence-corrected chi connectivity index (χ0v) is 13.5. The smallest absolute Gasteiger partial charge is 0.0457 e. The van der Waals surface area contributed by atoms with Crippen LogP contribution in [0.3, 0.4) is 0 Å². The molecule has 3 aromatic carbocycles. The van der Waals surface area contributed by atoms with E-state index in [1.807, 2.05) is 0 Å². The fraction of sp³-hybridized carbons (Fsp3) is 0.0909. The van der Waals surface area contributed by atoms with E-state index >= 15 is 0 Å². The molecule has 0 aliphatic carbocycles. The van der Waals surface area contributed by atoms with Gasteiger partial charge in [-0.2, -0.15) is 0 Å². The van der Waals surface area contributed by atoms with Crippen LogP contribution in [0.2, 0.25) is 0 Å². The topological polar surface area (TPSA) is 19.0 Å². The van der Waals surface area contributed by atoms with E-state index in [4.69, 9.17) is 0 Å². The number of rotatable bonds is 1. The molecule has 0 amide bonds. The highest BCUT2D eigenvalue weighted by Crippen LogP contribution is 2.48. The maximum Gasteiger partial charge on any atom is 0.0457 e. The molecule has 24 heavy (non-hydrogen) atoms. The predicted molar refractivity (Wildman–Crippen MR) is 100 cm³/mol. The molecule has 2 heteroatoms. The Bertz CT molecular complexity index is 997. The van der Waals surface area contributed by atoms with Crippen molar-refractivity contribution >= 4 is 22.3 Å². The summed E-state index contributed by atoms with van der Waals surface area (Å²) in [6.07, 6.45) is 2.17. The predicted octanol–water partition coefficient (Wildman–Crippen LogP) is 5.43. The SMILES string of the molecule is CN1c2ccccc2C(c2c[nH]c3ccccc23)c2ccccc21. The van der Waals surface area contributed by atoms with E-state index in [0.717, 1.165) is 0 Å². The van der Waals surface area contributed by atoms with Gasteiger partial charge in [0.25, 0.3) is 0 Å². The van der Waals surface area contributed by atoms with Crippen LogP contribution in [0.1, 0.15) is 22.6 Å². The summed E-state index contributed by atoms with van der Waals surface area (Å²) in [4.78, 5) is 5.75. The lowest BCUT2D eigenvalue weighted by molar-refractivity contribution is 0.933. The fourth-order valence-electron chi connectivity index (χ4n) is 4.04. The minimum absolute atomic E-state index is 0.254. The summed E-state index contributed by atoms with van der Waals surface area (Å²) in [7, 11) is 2.16. The Balaban J connectivity index is 1.84. The molecule has 1 aliphatic heterocycles. The van der Waals surface area contributed by atoms with E-state index in [0.29, 0.717) is 0 Å². The van der Waals surface area contributed by atoms with E-state index in [9.17, 15) is 0 Å². The lowest BCUT2D eigenvalue weighted by Crippen LogP contribution is -2.22. The van der Waals surface area contributed by atoms with Crippen LogP contribution in [0, 0.1) is 0 Å². The molecular weight excluding hydrogens is 292 g/mol. The first kappa shape index (κ1) is 13.4. The average Bonchev–Trinajstić information content (AvgIpc) is 3.06. The quantitative estimate of drug-likeness (QED) is 0.497. The minimum Gasteiger partial charge on any atom is -0.361 e. The number of aromatic amines is 1. The van der Waals surface area contributed by atoms with Crippen molar-refractivity contribution in [1.82, 2.24) is 4.98 Å². The second-order valence-electron chi connectivity index (χ2n) is 6.40. The van der Waals surface area contributed by atoms with Gasteiger partial charge in [0.1, 0.15) is 0 Å². The number of hydrogen-bond donors (Lipinski definition) is 1. The Hall–Kier alpha value is -3.00. The van der Waals surface area contributed by atoms with Crippen LogP contribution in [0.25, 0.3) is 10.9 Å². The van der Waals surface area contributed by atoms with Crippen LogP contribution >= 0.6 is 0 Å². The Morgan fingerprint density at radius 2 is 1.29 bits per heavy atom. The van der Waals surface area contributed by atoms with Crippen molar-refractivity contribution in [3.8, 4) is 0 Å². The second kappa shape index (κ2) is 5.00. The Morgan fingerprint density at radius 1 is 0.708 bits per heavy atom. The molecule has 0 bridgehead atoms. The van der Waals surface area contributed by atoms with Gasteiger partial charge in [0.15, 0.2) is 0 Å². The van der Waals surface area contributed by atoms with E-state index in [-0.39, 0.29) is 5.92 Å². The van der Waals surface area contributed by atoms with Gasteiger partial charge in [0.05, 0.1) is 0 Å². The summed E-state index contributed by atoms with van der Waals surface area (Å²) in [5.74, 6) is 0.254. The van der Waals surface area contributed by atoms with Crippen LogP contribution in [-0.4, -0.2) is 12.0 Å². The summed E-state index contributed by atoms with van der Waals surface area (Å²) >= 11 is 0. The molecule has 0 saturated heterocycles. The number of nitrogens with zero attached hydrogens (tertiary/aromatic N) is 1. The summed E-state index contributed by atoms with van der Waals surface area (Å²) in [6.45, 7) is 0. The molecule has 0 atom stereocenters. The van der Waals surface area contributed by atoms with Crippen LogP contribution in [0.15, 0.2) is 79.0 Å². The number of anilines is 2. The van der Waals surface area contributed by atoms with Crippen LogP contribution in [0.5, 0.6) is 0 Å². The third-order valence-electron chi connectivity index (χ3n) is 5.15. The lowest BCUT2D eigenvalue weighted by Gasteiger charge is -2.35. The van der Waals surface area contributed by atoms with E-state index in [1.54, 1.807) is 0 Å². The van der Waals surface area contributed by atoms with Crippen molar-refractivity contribution in [2.75, 3.05) is 11.9 Å². The summed E-state index contributed by atoms with van der Waals surface area (Å²) in [5.41, 5.74) is 7.84. The molecule has 0 fully saturated rings. The number of nitrogens with one attached hydrogen (secondary N) is 1. The zero-order valence-electron chi connectivity index (χ0n) is 13.5. The Labute approximate surface area is 141 Å². The van der Waals surface area contributed by atoms with Gasteiger partial charge in [0, 0.05) is 41.4 Å². The normalized spacial score (nSPS) is 13.8. The first-order valence-electron chi connectivity index (χ1n) is 8.32. The number of para-hydroxylation sites is 3. The summed E-state index contributed by atoms with van der Waals surface area (Å²) < 4.78 is 0. The number of fused-ring (bicyclic) bond motifs is 3. The number of hydrogen-bond acceptors (Lipinski definition) is 1. The van der Waals surface area contributed by atoms with Crippen molar-refractivity contribution in [3.05, 3.63) is 95.7 Å². The highest BCUT2D eigenvalue weighted by Gasteiger charge is 2.30. The lowest BCUT2D eigenvalue weighted by atomic mass is 9.80. The van der Waals surface area contributed by atoms with Gasteiger partial charge < -0.3 is 9.88 Å². The van der Waals surface area contributed by atoms with Gasteiger partial charge in [-0.05, 0) is 34.9 Å². The summed E-state index contributed by atoms with van der Waals surface area (Å²) in [5, 5.41) is 1.30. The van der Waals surface area contributed by atoms with E-state index in [1.165, 1.54) is 39.0 Å². The van der Waals surface area contributed by atoms with E-state index in [2.05, 4.69) is 95.9 Å². The number of aromatic nitrogens is 1. The molecule has 2 heterocycles. The Morgan fingerprint density at radius 3 is 2.00 bits per heavy atom. The highest BCUT2D eigenvalue weighted by molar-refractivity contribution is 5.87. The molecule has 1 N–H and O–H groups in total. The molecular formula is C22H18N2. The molecule has 1 aromatic heterocycles. The maximum atomic E-state index is 3.44. The number of benzene rings is 3. The molecule has 116 valence electrons. The monoisotopic (exact) mass is 310 g/mol. The van der Waals surface area contributed by atoms with Gasteiger partial charge >= 0.3 is 0 Å². The van der Waals surface area contributed by atoms with Gasteiger partial charge in [-0.15, -0.1) is 0 Å². The standard InChI is InChI=1S/C22H18N2/c1-24-20-12-6-3-9-16(20)22(17-10-4-7-13-21(17)24)18-14-23-19-11-5-2-8-15(18)19/h2-14,22-23H,1H3. The van der Waals surface area contributed by atoms with Gasteiger partial charge in [-0.3, -0.25) is 0 Å². The minimum atomic E-state index is 0.254. The highest BCUT2D eigenvalue weighted by atomic mass is 15.1. The third kappa shape index (κ3) is 1.77. The van der Waals surface area contributed by atoms with Crippen molar-refractivity contribution in [3.63, 3.8) is 0 Å². The van der Waals surface area contributed by atoms with Crippen LogP contribution < -0.4 is 4.90 Å².